The molecule has 0 saturated carbocycles. The fourth-order valence-corrected chi connectivity index (χ4v) is 3.25. The summed E-state index contributed by atoms with van der Waals surface area (Å²) in [4.78, 5) is 0. The van der Waals surface area contributed by atoms with Crippen molar-refractivity contribution >= 4 is 9.84 Å². The largest absolute Gasteiger partial charge is 0.385 e. The molecular formula is C15H24O3S. The summed E-state index contributed by atoms with van der Waals surface area (Å²) in [7, 11) is -1.45. The third-order valence-corrected chi connectivity index (χ3v) is 4.69. The molecule has 0 unspecified atom stereocenters. The maximum atomic E-state index is 11.9. The fourth-order valence-electron chi connectivity index (χ4n) is 1.85. The average molecular weight is 284 g/mol. The van der Waals surface area contributed by atoms with Gasteiger partial charge in [0.25, 0.3) is 0 Å². The molecule has 0 aliphatic rings. The molecule has 1 aromatic carbocycles. The quantitative estimate of drug-likeness (QED) is 0.754. The molecule has 3 nitrogen and oxygen atoms in total. The van der Waals surface area contributed by atoms with Crippen molar-refractivity contribution in [1.29, 1.82) is 0 Å². The minimum atomic E-state index is -3.04. The Balaban J connectivity index is 2.67. The highest BCUT2D eigenvalue weighted by Crippen LogP contribution is 2.22. The van der Waals surface area contributed by atoms with Crippen LogP contribution in [0.4, 0.5) is 0 Å². The van der Waals surface area contributed by atoms with Crippen LogP contribution in [0.1, 0.15) is 38.3 Å². The summed E-state index contributed by atoms with van der Waals surface area (Å²) in [5.74, 6) is 0.295. The van der Waals surface area contributed by atoms with Crippen molar-refractivity contribution < 1.29 is 13.2 Å². The molecule has 19 heavy (non-hydrogen) atoms. The summed E-state index contributed by atoms with van der Waals surface area (Å²) in [5.41, 5.74) is 2.16. The van der Waals surface area contributed by atoms with Gasteiger partial charge in [-0.15, -0.1) is 0 Å². The van der Waals surface area contributed by atoms with E-state index in [0.717, 1.165) is 5.56 Å². The standard InChI is InChI=1S/C15H24O3S/c1-15(2,3)14-8-6-13(7-9-14)12-19(16,17)11-5-10-18-4/h6-9H,5,10-12H2,1-4H3. The van der Waals surface area contributed by atoms with Gasteiger partial charge in [0.15, 0.2) is 9.84 Å². The lowest BCUT2D eigenvalue weighted by Crippen LogP contribution is -2.13. The lowest BCUT2D eigenvalue weighted by atomic mass is 9.87. The topological polar surface area (TPSA) is 43.4 Å². The smallest absolute Gasteiger partial charge is 0.154 e. The van der Waals surface area contributed by atoms with Crippen molar-refractivity contribution in [2.45, 2.75) is 38.4 Å². The van der Waals surface area contributed by atoms with Crippen LogP contribution in [0.2, 0.25) is 0 Å². The van der Waals surface area contributed by atoms with E-state index in [-0.39, 0.29) is 16.9 Å². The van der Waals surface area contributed by atoms with Gasteiger partial charge in [0.05, 0.1) is 11.5 Å². The van der Waals surface area contributed by atoms with Gasteiger partial charge in [-0.3, -0.25) is 0 Å². The van der Waals surface area contributed by atoms with Crippen LogP contribution in [0.15, 0.2) is 24.3 Å². The first kappa shape index (κ1) is 16.2. The van der Waals surface area contributed by atoms with Gasteiger partial charge in [-0.2, -0.15) is 0 Å². The van der Waals surface area contributed by atoms with E-state index in [2.05, 4.69) is 20.8 Å². The molecule has 0 spiro atoms. The van der Waals surface area contributed by atoms with Crippen LogP contribution in [0.5, 0.6) is 0 Å². The van der Waals surface area contributed by atoms with Gasteiger partial charge in [0, 0.05) is 13.7 Å². The molecule has 0 aromatic heterocycles. The molecule has 0 fully saturated rings. The lowest BCUT2D eigenvalue weighted by Gasteiger charge is -2.19. The van der Waals surface area contributed by atoms with E-state index in [1.807, 2.05) is 24.3 Å². The molecule has 0 amide bonds. The molecule has 0 saturated heterocycles. The third-order valence-electron chi connectivity index (χ3n) is 3.01. The molecule has 4 heteroatoms. The number of ether oxygens (including phenoxy) is 1. The van der Waals surface area contributed by atoms with Crippen LogP contribution < -0.4 is 0 Å². The van der Waals surface area contributed by atoms with Gasteiger partial charge >= 0.3 is 0 Å². The van der Waals surface area contributed by atoms with Crippen molar-refractivity contribution in [1.82, 2.24) is 0 Å². The van der Waals surface area contributed by atoms with Crippen LogP contribution in [0, 0.1) is 0 Å². The van der Waals surface area contributed by atoms with Crippen molar-refractivity contribution in [2.24, 2.45) is 0 Å². The van der Waals surface area contributed by atoms with E-state index >= 15 is 0 Å². The van der Waals surface area contributed by atoms with E-state index in [1.54, 1.807) is 7.11 Å². The molecule has 1 aromatic rings. The van der Waals surface area contributed by atoms with Gasteiger partial charge in [0.2, 0.25) is 0 Å². The molecule has 108 valence electrons. The zero-order valence-electron chi connectivity index (χ0n) is 12.3. The normalized spacial score (nSPS) is 12.6. The summed E-state index contributed by atoms with van der Waals surface area (Å²) < 4.78 is 28.7. The Labute approximate surface area is 116 Å². The van der Waals surface area contributed by atoms with Gasteiger partial charge < -0.3 is 4.74 Å². The molecule has 0 radical (unpaired) electrons. The van der Waals surface area contributed by atoms with Crippen molar-refractivity contribution in [3.8, 4) is 0 Å². The van der Waals surface area contributed by atoms with E-state index in [1.165, 1.54) is 5.56 Å². The highest BCUT2D eigenvalue weighted by atomic mass is 32.2. The zero-order valence-corrected chi connectivity index (χ0v) is 13.1. The van der Waals surface area contributed by atoms with Gasteiger partial charge in [0.1, 0.15) is 0 Å². The molecule has 0 aliphatic carbocycles. The first-order chi connectivity index (χ1) is 8.74. The van der Waals surface area contributed by atoms with Crippen LogP contribution >= 0.6 is 0 Å². The van der Waals surface area contributed by atoms with Crippen molar-refractivity contribution in [3.05, 3.63) is 35.4 Å². The Morgan fingerprint density at radius 1 is 1.11 bits per heavy atom. The fraction of sp³-hybridized carbons (Fsp3) is 0.600. The van der Waals surface area contributed by atoms with Crippen LogP contribution in [0.3, 0.4) is 0 Å². The first-order valence-electron chi connectivity index (χ1n) is 6.53. The monoisotopic (exact) mass is 284 g/mol. The second-order valence-corrected chi connectivity index (χ2v) is 8.07. The Kier molecular flexibility index (Phi) is 5.56. The molecule has 0 aliphatic heterocycles. The molecule has 1 rings (SSSR count). The first-order valence-corrected chi connectivity index (χ1v) is 8.35. The predicted molar refractivity (Wildman–Crippen MR) is 79.1 cm³/mol. The maximum Gasteiger partial charge on any atom is 0.154 e. The van der Waals surface area contributed by atoms with Gasteiger partial charge in [-0.05, 0) is 23.0 Å². The van der Waals surface area contributed by atoms with E-state index in [9.17, 15) is 8.42 Å². The number of hydrogen-bond acceptors (Lipinski definition) is 3. The number of sulfone groups is 1. The zero-order chi connectivity index (χ0) is 14.5. The Bertz CT molecular complexity index is 481. The van der Waals surface area contributed by atoms with Crippen molar-refractivity contribution in [2.75, 3.05) is 19.5 Å². The molecule has 0 heterocycles. The van der Waals surface area contributed by atoms with Crippen LogP contribution in [-0.2, 0) is 25.7 Å². The Hall–Kier alpha value is -0.870. The minimum absolute atomic E-state index is 0.0931. The minimum Gasteiger partial charge on any atom is -0.385 e. The number of rotatable bonds is 6. The molecular weight excluding hydrogens is 260 g/mol. The maximum absolute atomic E-state index is 11.9. The van der Waals surface area contributed by atoms with Gasteiger partial charge in [-0.1, -0.05) is 45.0 Å². The predicted octanol–water partition coefficient (Wildman–Crippen LogP) is 2.94. The Morgan fingerprint density at radius 2 is 1.68 bits per heavy atom. The highest BCUT2D eigenvalue weighted by molar-refractivity contribution is 7.90. The number of benzene rings is 1. The number of methoxy groups -OCH3 is 1. The summed E-state index contributed by atoms with van der Waals surface area (Å²) in [5, 5.41) is 0. The Morgan fingerprint density at radius 3 is 2.16 bits per heavy atom. The third kappa shape index (κ3) is 5.74. The van der Waals surface area contributed by atoms with Crippen molar-refractivity contribution in [3.63, 3.8) is 0 Å². The average Bonchev–Trinajstić information content (AvgIpc) is 2.28. The van der Waals surface area contributed by atoms with E-state index in [4.69, 9.17) is 4.74 Å². The second-order valence-electron chi connectivity index (χ2n) is 5.89. The summed E-state index contributed by atoms with van der Waals surface area (Å²) in [6.07, 6.45) is 0.554. The molecule has 0 atom stereocenters. The second kappa shape index (κ2) is 6.53. The molecule has 0 bridgehead atoms. The molecule has 0 N–H and O–H groups in total. The van der Waals surface area contributed by atoms with Crippen LogP contribution in [0.25, 0.3) is 0 Å². The van der Waals surface area contributed by atoms with E-state index in [0.29, 0.717) is 13.0 Å². The summed E-state index contributed by atoms with van der Waals surface area (Å²) in [6, 6.07) is 7.85. The SMILES string of the molecule is COCCCS(=O)(=O)Cc1ccc(C(C)(C)C)cc1. The van der Waals surface area contributed by atoms with E-state index < -0.39 is 9.84 Å². The lowest BCUT2D eigenvalue weighted by molar-refractivity contribution is 0.199. The van der Waals surface area contributed by atoms with Gasteiger partial charge in [-0.25, -0.2) is 8.42 Å². The van der Waals surface area contributed by atoms with Crippen LogP contribution in [-0.4, -0.2) is 27.9 Å². The number of hydrogen-bond donors (Lipinski definition) is 0. The highest BCUT2D eigenvalue weighted by Gasteiger charge is 2.15. The summed E-state index contributed by atoms with van der Waals surface area (Å²) >= 11 is 0. The summed E-state index contributed by atoms with van der Waals surface area (Å²) in [6.45, 7) is 6.92.